The van der Waals surface area contributed by atoms with Gasteiger partial charge in [-0.2, -0.15) is 8.42 Å². The van der Waals surface area contributed by atoms with Gasteiger partial charge in [0, 0.05) is 0 Å². The van der Waals surface area contributed by atoms with E-state index in [-0.39, 0.29) is 6.42 Å². The molecule has 3 unspecified atom stereocenters. The highest BCUT2D eigenvalue weighted by Gasteiger charge is 2.27. The van der Waals surface area contributed by atoms with E-state index in [2.05, 4.69) is 43.5 Å². The van der Waals surface area contributed by atoms with Gasteiger partial charge in [-0.25, -0.2) is 0 Å². The lowest BCUT2D eigenvalue weighted by Gasteiger charge is -2.22. The molecule has 0 aliphatic heterocycles. The standard InChI is InChI=1S/C47H89NO6S/c1-3-5-7-9-11-13-15-17-19-21-22-23-24-26-27-29-31-33-35-37-39-41-45(49)44(43-55(52,53)54)48-47(51)46(50)42-40-38-36-34-32-30-28-25-20-18-16-14-12-10-8-6-4-2/h24,26,31,33,39,41,44-46,49-50H,3-23,25,27-30,32,34-38,40,42-43H2,1-2H3,(H,48,51)(H,52,53,54)/b26-24+,33-31+,41-39+. The molecule has 0 aromatic rings. The van der Waals surface area contributed by atoms with Crippen LogP contribution in [0.2, 0.25) is 0 Å². The number of aliphatic hydroxyl groups is 2. The Balaban J connectivity index is 4.02. The van der Waals surface area contributed by atoms with Crippen LogP contribution >= 0.6 is 0 Å². The minimum atomic E-state index is -4.46. The molecule has 3 atom stereocenters. The van der Waals surface area contributed by atoms with Crippen molar-refractivity contribution in [3.8, 4) is 0 Å². The van der Waals surface area contributed by atoms with Gasteiger partial charge >= 0.3 is 0 Å². The maximum absolute atomic E-state index is 12.6. The average Bonchev–Trinajstić information content (AvgIpc) is 3.15. The quantitative estimate of drug-likeness (QED) is 0.0277. The van der Waals surface area contributed by atoms with Crippen molar-refractivity contribution >= 4 is 16.0 Å². The van der Waals surface area contributed by atoms with Crippen molar-refractivity contribution < 1.29 is 28.0 Å². The van der Waals surface area contributed by atoms with Crippen molar-refractivity contribution in [2.45, 2.75) is 250 Å². The summed E-state index contributed by atoms with van der Waals surface area (Å²) < 4.78 is 32.6. The van der Waals surface area contributed by atoms with Gasteiger partial charge in [0.1, 0.15) is 6.10 Å². The van der Waals surface area contributed by atoms with Crippen molar-refractivity contribution in [1.82, 2.24) is 5.32 Å². The molecule has 0 bridgehead atoms. The maximum Gasteiger partial charge on any atom is 0.267 e. The number of allylic oxidation sites excluding steroid dienone is 5. The smallest absolute Gasteiger partial charge is 0.267 e. The van der Waals surface area contributed by atoms with E-state index in [1.54, 1.807) is 6.08 Å². The van der Waals surface area contributed by atoms with Crippen LogP contribution in [0.25, 0.3) is 0 Å². The largest absolute Gasteiger partial charge is 0.387 e. The highest BCUT2D eigenvalue weighted by atomic mass is 32.2. The summed E-state index contributed by atoms with van der Waals surface area (Å²) in [5.74, 6) is -1.56. The van der Waals surface area contributed by atoms with Gasteiger partial charge in [0.2, 0.25) is 5.91 Å². The molecule has 324 valence electrons. The Morgan fingerprint density at radius 3 is 1.20 bits per heavy atom. The minimum absolute atomic E-state index is 0.274. The number of nitrogens with one attached hydrogen (secondary N) is 1. The molecule has 0 saturated carbocycles. The Morgan fingerprint density at radius 1 is 0.491 bits per heavy atom. The van der Waals surface area contributed by atoms with Gasteiger partial charge in [-0.3, -0.25) is 9.35 Å². The Bertz CT molecular complexity index is 1030. The van der Waals surface area contributed by atoms with E-state index in [4.69, 9.17) is 0 Å². The molecule has 8 heteroatoms. The summed E-state index contributed by atoms with van der Waals surface area (Å²) >= 11 is 0. The van der Waals surface area contributed by atoms with Crippen molar-refractivity contribution in [1.29, 1.82) is 0 Å². The van der Waals surface area contributed by atoms with Gasteiger partial charge in [0.25, 0.3) is 10.1 Å². The first-order valence-electron chi connectivity index (χ1n) is 23.3. The summed E-state index contributed by atoms with van der Waals surface area (Å²) in [4.78, 5) is 12.6. The lowest BCUT2D eigenvalue weighted by atomic mass is 10.0. The Morgan fingerprint density at radius 2 is 0.818 bits per heavy atom. The van der Waals surface area contributed by atoms with Crippen molar-refractivity contribution in [2.24, 2.45) is 0 Å². The zero-order valence-electron chi connectivity index (χ0n) is 35.9. The Hall–Kier alpha value is -1.48. The fraction of sp³-hybridized carbons (Fsp3) is 0.851. The summed E-state index contributed by atoms with van der Waals surface area (Å²) in [5, 5.41) is 23.4. The van der Waals surface area contributed by atoms with Crippen LogP contribution in [0.4, 0.5) is 0 Å². The van der Waals surface area contributed by atoms with Crippen molar-refractivity contribution in [3.63, 3.8) is 0 Å². The maximum atomic E-state index is 12.6. The third-order valence-electron chi connectivity index (χ3n) is 10.7. The van der Waals surface area contributed by atoms with Crippen LogP contribution in [0.5, 0.6) is 0 Å². The third-order valence-corrected chi connectivity index (χ3v) is 11.4. The molecule has 0 aromatic carbocycles. The van der Waals surface area contributed by atoms with Crippen LogP contribution in [-0.2, 0) is 14.9 Å². The molecular weight excluding hydrogens is 707 g/mol. The second kappa shape index (κ2) is 40.7. The molecule has 0 aromatic heterocycles. The van der Waals surface area contributed by atoms with Gasteiger partial charge in [0.15, 0.2) is 0 Å². The van der Waals surface area contributed by atoms with Crippen molar-refractivity contribution in [2.75, 3.05) is 5.75 Å². The molecule has 0 fully saturated rings. The predicted octanol–water partition coefficient (Wildman–Crippen LogP) is 13.1. The molecule has 0 aliphatic rings. The van der Waals surface area contributed by atoms with Gasteiger partial charge in [-0.05, 0) is 44.9 Å². The summed E-state index contributed by atoms with van der Waals surface area (Å²) in [6, 6.07) is -1.25. The molecule has 0 radical (unpaired) electrons. The summed E-state index contributed by atoms with van der Waals surface area (Å²) in [6.45, 7) is 4.53. The van der Waals surface area contributed by atoms with E-state index >= 15 is 0 Å². The molecule has 4 N–H and O–H groups in total. The minimum Gasteiger partial charge on any atom is -0.387 e. The normalized spacial score (nSPS) is 14.1. The number of carbonyl (C=O) groups is 1. The van der Waals surface area contributed by atoms with E-state index in [9.17, 15) is 28.0 Å². The van der Waals surface area contributed by atoms with Crippen LogP contribution in [0.3, 0.4) is 0 Å². The molecule has 1 amide bonds. The number of hydrogen-bond acceptors (Lipinski definition) is 5. The second-order valence-corrected chi connectivity index (χ2v) is 17.7. The number of unbranched alkanes of at least 4 members (excludes halogenated alkanes) is 29. The van der Waals surface area contributed by atoms with E-state index in [0.717, 1.165) is 44.9 Å². The highest BCUT2D eigenvalue weighted by molar-refractivity contribution is 7.85. The Labute approximate surface area is 340 Å². The lowest BCUT2D eigenvalue weighted by molar-refractivity contribution is -0.130. The SMILES string of the molecule is CCCCCCCCCCCCC/C=C/CC/C=C/CC/C=C/C(O)C(CS(=O)(=O)O)NC(=O)C(O)CCCCCCCCCCCCCCCCCCC. The zero-order chi connectivity index (χ0) is 40.5. The summed E-state index contributed by atoms with van der Waals surface area (Å²) in [7, 11) is -4.46. The zero-order valence-corrected chi connectivity index (χ0v) is 36.7. The molecule has 0 rings (SSSR count). The van der Waals surface area contributed by atoms with Crippen LogP contribution < -0.4 is 5.32 Å². The summed E-state index contributed by atoms with van der Waals surface area (Å²) in [6.07, 6.45) is 50.6. The fourth-order valence-corrected chi connectivity index (χ4v) is 7.81. The molecule has 55 heavy (non-hydrogen) atoms. The first kappa shape index (κ1) is 53.5. The second-order valence-electron chi connectivity index (χ2n) is 16.2. The summed E-state index contributed by atoms with van der Waals surface area (Å²) in [5.41, 5.74) is 0. The topological polar surface area (TPSA) is 124 Å². The highest BCUT2D eigenvalue weighted by Crippen LogP contribution is 2.16. The van der Waals surface area contributed by atoms with E-state index in [0.29, 0.717) is 12.8 Å². The molecular formula is C47H89NO6S. The third kappa shape index (κ3) is 40.5. The van der Waals surface area contributed by atoms with Crippen LogP contribution in [0.15, 0.2) is 36.5 Å². The molecule has 0 saturated heterocycles. The molecule has 0 heterocycles. The van der Waals surface area contributed by atoms with E-state index in [1.807, 2.05) is 0 Å². The van der Waals surface area contributed by atoms with Gasteiger partial charge < -0.3 is 15.5 Å². The first-order chi connectivity index (χ1) is 26.7. The monoisotopic (exact) mass is 796 g/mol. The van der Waals surface area contributed by atoms with Gasteiger partial charge in [-0.15, -0.1) is 0 Å². The molecule has 0 spiro atoms. The lowest BCUT2D eigenvalue weighted by Crippen LogP contribution is -2.50. The number of hydrogen-bond donors (Lipinski definition) is 4. The first-order valence-corrected chi connectivity index (χ1v) is 24.9. The van der Waals surface area contributed by atoms with Gasteiger partial charge in [0.05, 0.1) is 17.9 Å². The van der Waals surface area contributed by atoms with Crippen LogP contribution in [0, 0.1) is 0 Å². The predicted molar refractivity (Wildman–Crippen MR) is 236 cm³/mol. The van der Waals surface area contributed by atoms with Crippen molar-refractivity contribution in [3.05, 3.63) is 36.5 Å². The molecule has 7 nitrogen and oxygen atoms in total. The molecule has 0 aliphatic carbocycles. The van der Waals surface area contributed by atoms with Gasteiger partial charge in [-0.1, -0.05) is 224 Å². The van der Waals surface area contributed by atoms with Crippen LogP contribution in [-0.4, -0.2) is 53.1 Å². The number of amides is 1. The number of rotatable bonds is 42. The number of carbonyl (C=O) groups excluding carboxylic acids is 1. The fourth-order valence-electron chi connectivity index (χ4n) is 7.08. The van der Waals surface area contributed by atoms with Crippen LogP contribution in [0.1, 0.15) is 232 Å². The average molecular weight is 796 g/mol. The number of aliphatic hydroxyl groups excluding tert-OH is 2. The van der Waals surface area contributed by atoms with E-state index in [1.165, 1.54) is 160 Å². The Kier molecular flexibility index (Phi) is 39.6. The van der Waals surface area contributed by atoms with E-state index < -0.39 is 40.0 Å².